The van der Waals surface area contributed by atoms with Crippen LogP contribution in [0.2, 0.25) is 0 Å². The van der Waals surface area contributed by atoms with Crippen LogP contribution in [0.3, 0.4) is 0 Å². The van der Waals surface area contributed by atoms with Gasteiger partial charge in [-0.2, -0.15) is 4.74 Å². The molecule has 0 radical (unpaired) electrons. The third-order valence-electron chi connectivity index (χ3n) is 3.84. The molecule has 2 amide bonds. The van der Waals surface area contributed by atoms with Crippen LogP contribution in [0.15, 0.2) is 21.5 Å². The number of hydrogen-bond acceptors (Lipinski definition) is 4. The molecule has 1 unspecified atom stereocenters. The van der Waals surface area contributed by atoms with Gasteiger partial charge < -0.3 is 4.52 Å². The summed E-state index contributed by atoms with van der Waals surface area (Å²) in [4.78, 5) is 35.3. The van der Waals surface area contributed by atoms with Crippen molar-refractivity contribution in [2.45, 2.75) is 38.6 Å². The molecule has 0 saturated carbocycles. The average molecular weight is 306 g/mol. The Morgan fingerprint density at radius 2 is 2.05 bits per heavy atom. The Balaban J connectivity index is 2.12. The van der Waals surface area contributed by atoms with Crippen LogP contribution >= 0.6 is 0 Å². The Bertz CT molecular complexity index is 834. The fourth-order valence-electron chi connectivity index (χ4n) is 2.63. The largest absolute Gasteiger partial charge is 0.375 e. The summed E-state index contributed by atoms with van der Waals surface area (Å²) in [6.07, 6.45) is 0.315. The maximum Gasteiger partial charge on any atom is 0.291 e. The molecule has 3 rings (SSSR count). The van der Waals surface area contributed by atoms with Gasteiger partial charge in [-0.25, -0.2) is 4.39 Å². The predicted octanol–water partition coefficient (Wildman–Crippen LogP) is 1.83. The lowest BCUT2D eigenvalue weighted by Crippen LogP contribution is -2.43. The number of hydrogen-bond donors (Lipinski definition) is 1. The molecule has 0 bridgehead atoms. The quantitative estimate of drug-likeness (QED) is 0.858. The van der Waals surface area contributed by atoms with Crippen LogP contribution in [0.4, 0.5) is 4.39 Å². The number of benzene rings is 1. The minimum Gasteiger partial charge on any atom is -0.375 e. The first-order valence-corrected chi connectivity index (χ1v) is 7.07. The third kappa shape index (κ3) is 2.22. The minimum absolute atomic E-state index is 0.0614. The molecule has 1 atom stereocenters. The molecule has 6 nitrogen and oxygen atoms in total. The monoisotopic (exact) mass is 306 g/mol. The molecular weight excluding hydrogens is 291 g/mol. The van der Waals surface area contributed by atoms with Crippen LogP contribution in [0, 0.1) is 5.82 Å². The van der Waals surface area contributed by atoms with Crippen molar-refractivity contribution in [3.63, 3.8) is 0 Å². The van der Waals surface area contributed by atoms with E-state index in [4.69, 9.17) is 4.52 Å². The van der Waals surface area contributed by atoms with E-state index in [9.17, 15) is 18.8 Å². The van der Waals surface area contributed by atoms with Gasteiger partial charge in [0.1, 0.15) is 11.9 Å². The lowest BCUT2D eigenvalue weighted by Gasteiger charge is -2.19. The molecule has 1 fully saturated rings. The normalized spacial score (nSPS) is 19.0. The molecule has 0 spiro atoms. The molecule has 1 aromatic heterocycles. The Morgan fingerprint density at radius 3 is 2.68 bits per heavy atom. The van der Waals surface area contributed by atoms with Crippen molar-refractivity contribution < 1.29 is 18.5 Å². The summed E-state index contributed by atoms with van der Waals surface area (Å²) >= 11 is 0. The Morgan fingerprint density at radius 1 is 1.32 bits per heavy atom. The summed E-state index contributed by atoms with van der Waals surface area (Å²) in [5.74, 6) is -1.50. The first-order valence-electron chi connectivity index (χ1n) is 7.07. The number of fused-ring (bicyclic) bond motifs is 1. The van der Waals surface area contributed by atoms with Crippen molar-refractivity contribution in [3.8, 4) is 0 Å². The van der Waals surface area contributed by atoms with E-state index in [-0.39, 0.29) is 35.6 Å². The van der Waals surface area contributed by atoms with E-state index in [0.29, 0.717) is 5.56 Å². The number of halogens is 1. The second-order valence-electron chi connectivity index (χ2n) is 5.71. The summed E-state index contributed by atoms with van der Waals surface area (Å²) in [6, 6.07) is 1.74. The Labute approximate surface area is 124 Å². The van der Waals surface area contributed by atoms with E-state index in [1.54, 1.807) is 0 Å². The zero-order valence-corrected chi connectivity index (χ0v) is 12.2. The van der Waals surface area contributed by atoms with Crippen molar-refractivity contribution >= 4 is 22.8 Å². The molecule has 116 valence electrons. The standard InChI is InChI=1S/C15H15FN2O4/c1-7(2)8-6-12-9(5-10(8)16)15(21)18(22-12)11-3-4-13(19)17-14(11)20/h5-7,11H,3-4H2,1-2H3,(H,17,19,20). The van der Waals surface area contributed by atoms with Gasteiger partial charge in [-0.1, -0.05) is 13.8 Å². The summed E-state index contributed by atoms with van der Waals surface area (Å²) in [5.41, 5.74) is 0.107. The maximum absolute atomic E-state index is 14.0. The van der Waals surface area contributed by atoms with Crippen molar-refractivity contribution in [2.75, 3.05) is 0 Å². The van der Waals surface area contributed by atoms with Crippen LogP contribution in [-0.4, -0.2) is 16.6 Å². The summed E-state index contributed by atoms with van der Waals surface area (Å²) < 4.78 is 20.4. The van der Waals surface area contributed by atoms with Gasteiger partial charge in [0.15, 0.2) is 5.58 Å². The highest BCUT2D eigenvalue weighted by atomic mass is 19.1. The molecular formula is C15H15FN2O4. The van der Waals surface area contributed by atoms with E-state index in [1.807, 2.05) is 13.8 Å². The number of carbonyl (C=O) groups is 2. The third-order valence-corrected chi connectivity index (χ3v) is 3.84. The Hall–Kier alpha value is -2.44. The Kier molecular flexibility index (Phi) is 3.35. The fraction of sp³-hybridized carbons (Fsp3) is 0.400. The van der Waals surface area contributed by atoms with Gasteiger partial charge >= 0.3 is 0 Å². The average Bonchev–Trinajstić information content (AvgIpc) is 2.75. The highest BCUT2D eigenvalue weighted by Crippen LogP contribution is 2.26. The van der Waals surface area contributed by atoms with Gasteiger partial charge in [0.25, 0.3) is 11.5 Å². The number of piperidine rings is 1. The zero-order chi connectivity index (χ0) is 16.0. The van der Waals surface area contributed by atoms with Gasteiger partial charge in [-0.15, -0.1) is 0 Å². The predicted molar refractivity (Wildman–Crippen MR) is 75.9 cm³/mol. The minimum atomic E-state index is -0.886. The summed E-state index contributed by atoms with van der Waals surface area (Å²) in [5, 5.41) is 2.26. The van der Waals surface area contributed by atoms with Gasteiger partial charge in [0.2, 0.25) is 5.91 Å². The number of carbonyl (C=O) groups excluding carboxylic acids is 2. The number of nitrogens with zero attached hydrogens (tertiary/aromatic N) is 1. The SMILES string of the molecule is CC(C)c1cc2on(C3CCC(=O)NC3=O)c(=O)c2cc1F. The van der Waals surface area contributed by atoms with Gasteiger partial charge in [-0.05, 0) is 30.0 Å². The van der Waals surface area contributed by atoms with Gasteiger partial charge in [-0.3, -0.25) is 19.7 Å². The second kappa shape index (κ2) is 5.08. The van der Waals surface area contributed by atoms with Crippen molar-refractivity contribution in [1.29, 1.82) is 0 Å². The summed E-state index contributed by atoms with van der Waals surface area (Å²) in [7, 11) is 0. The van der Waals surface area contributed by atoms with E-state index < -0.39 is 23.3 Å². The smallest absolute Gasteiger partial charge is 0.291 e. The number of amides is 2. The van der Waals surface area contributed by atoms with E-state index >= 15 is 0 Å². The lowest BCUT2D eigenvalue weighted by molar-refractivity contribution is -0.137. The number of nitrogens with one attached hydrogen (secondary N) is 1. The second-order valence-corrected chi connectivity index (χ2v) is 5.71. The molecule has 1 saturated heterocycles. The molecule has 0 aliphatic carbocycles. The summed E-state index contributed by atoms with van der Waals surface area (Å²) in [6.45, 7) is 3.67. The molecule has 22 heavy (non-hydrogen) atoms. The number of aromatic nitrogens is 1. The topological polar surface area (TPSA) is 81.3 Å². The van der Waals surface area contributed by atoms with Crippen molar-refractivity contribution in [1.82, 2.24) is 10.1 Å². The molecule has 1 N–H and O–H groups in total. The van der Waals surface area contributed by atoms with E-state index in [1.165, 1.54) is 6.07 Å². The maximum atomic E-state index is 14.0. The van der Waals surface area contributed by atoms with E-state index in [0.717, 1.165) is 10.8 Å². The van der Waals surface area contributed by atoms with Crippen LogP contribution in [0.25, 0.3) is 11.0 Å². The fourth-order valence-corrected chi connectivity index (χ4v) is 2.63. The highest BCUT2D eigenvalue weighted by Gasteiger charge is 2.31. The molecule has 1 aliphatic rings. The molecule has 2 aromatic rings. The van der Waals surface area contributed by atoms with E-state index in [2.05, 4.69) is 5.32 Å². The molecule has 2 heterocycles. The van der Waals surface area contributed by atoms with Crippen LogP contribution in [0.1, 0.15) is 44.2 Å². The van der Waals surface area contributed by atoms with Gasteiger partial charge in [0.05, 0.1) is 5.39 Å². The highest BCUT2D eigenvalue weighted by molar-refractivity contribution is 5.99. The molecule has 1 aliphatic heterocycles. The molecule has 1 aromatic carbocycles. The van der Waals surface area contributed by atoms with Crippen molar-refractivity contribution in [2.24, 2.45) is 0 Å². The number of rotatable bonds is 2. The molecule has 7 heteroatoms. The lowest BCUT2D eigenvalue weighted by atomic mass is 10.0. The van der Waals surface area contributed by atoms with Crippen LogP contribution in [0.5, 0.6) is 0 Å². The van der Waals surface area contributed by atoms with Crippen LogP contribution in [-0.2, 0) is 9.59 Å². The first-order chi connectivity index (χ1) is 10.4. The number of imide groups is 1. The first kappa shape index (κ1) is 14.5. The zero-order valence-electron chi connectivity index (χ0n) is 12.2. The van der Waals surface area contributed by atoms with Gasteiger partial charge in [0, 0.05) is 6.42 Å². The van der Waals surface area contributed by atoms with Crippen LogP contribution < -0.4 is 10.9 Å². The van der Waals surface area contributed by atoms with Crippen molar-refractivity contribution in [3.05, 3.63) is 33.9 Å².